The van der Waals surface area contributed by atoms with Crippen LogP contribution in [0.4, 0.5) is 0 Å². The fraction of sp³-hybridized carbons (Fsp3) is 0.333. The van der Waals surface area contributed by atoms with E-state index in [0.717, 1.165) is 33.9 Å². The van der Waals surface area contributed by atoms with Crippen LogP contribution < -0.4 is 4.74 Å². The lowest BCUT2D eigenvalue weighted by Crippen LogP contribution is -2.24. The maximum atomic E-state index is 6.63. The normalized spacial score (nSPS) is 17.2. The number of alkyl halides is 1. The maximum absolute atomic E-state index is 6.63. The number of ether oxygens (including phenoxy) is 1. The fourth-order valence-corrected chi connectivity index (χ4v) is 3.21. The number of halogens is 2. The molecule has 0 saturated carbocycles. The quantitative estimate of drug-likeness (QED) is 0.646. The van der Waals surface area contributed by atoms with Gasteiger partial charge >= 0.3 is 0 Å². The SMILES string of the molecule is Cc1ccc(C(Cl)c2ccc3c(c2)CC(C)(C)O3)cc1Cl. The number of rotatable bonds is 2. The summed E-state index contributed by atoms with van der Waals surface area (Å²) in [6.45, 7) is 6.19. The van der Waals surface area contributed by atoms with Crippen LogP contribution >= 0.6 is 23.2 Å². The number of aryl methyl sites for hydroxylation is 1. The zero-order valence-electron chi connectivity index (χ0n) is 12.4. The van der Waals surface area contributed by atoms with Gasteiger partial charge in [0, 0.05) is 11.4 Å². The molecule has 21 heavy (non-hydrogen) atoms. The van der Waals surface area contributed by atoms with Crippen LogP contribution in [0.15, 0.2) is 36.4 Å². The molecule has 1 nitrogen and oxygen atoms in total. The lowest BCUT2D eigenvalue weighted by molar-refractivity contribution is 0.138. The van der Waals surface area contributed by atoms with Crippen LogP contribution in [-0.4, -0.2) is 5.60 Å². The van der Waals surface area contributed by atoms with Gasteiger partial charge in [0.25, 0.3) is 0 Å². The Labute approximate surface area is 135 Å². The molecule has 0 radical (unpaired) electrons. The monoisotopic (exact) mass is 320 g/mol. The second-order valence-corrected chi connectivity index (χ2v) is 7.12. The van der Waals surface area contributed by atoms with Crippen molar-refractivity contribution in [3.8, 4) is 5.75 Å². The average Bonchev–Trinajstić information content (AvgIpc) is 2.73. The molecule has 110 valence electrons. The maximum Gasteiger partial charge on any atom is 0.123 e. The largest absolute Gasteiger partial charge is 0.487 e. The summed E-state index contributed by atoms with van der Waals surface area (Å²) in [7, 11) is 0. The Hall–Kier alpha value is -1.18. The summed E-state index contributed by atoms with van der Waals surface area (Å²) in [4.78, 5) is 0. The molecule has 0 aliphatic carbocycles. The van der Waals surface area contributed by atoms with Gasteiger partial charge in [-0.25, -0.2) is 0 Å². The Kier molecular flexibility index (Phi) is 3.67. The molecule has 3 heteroatoms. The topological polar surface area (TPSA) is 9.23 Å². The van der Waals surface area contributed by atoms with E-state index in [1.54, 1.807) is 0 Å². The first-order chi connectivity index (χ1) is 9.85. The van der Waals surface area contributed by atoms with Crippen LogP contribution in [0.1, 0.15) is 41.5 Å². The molecule has 0 bridgehead atoms. The Balaban J connectivity index is 1.93. The highest BCUT2D eigenvalue weighted by Crippen LogP contribution is 2.39. The average molecular weight is 321 g/mol. The minimum atomic E-state index is -0.197. The van der Waals surface area contributed by atoms with Gasteiger partial charge in [-0.3, -0.25) is 0 Å². The molecule has 0 aromatic heterocycles. The van der Waals surface area contributed by atoms with E-state index in [2.05, 4.69) is 19.9 Å². The molecule has 3 rings (SSSR count). The van der Waals surface area contributed by atoms with Crippen molar-refractivity contribution in [2.75, 3.05) is 0 Å². The van der Waals surface area contributed by atoms with E-state index in [1.165, 1.54) is 5.56 Å². The molecule has 2 aromatic rings. The van der Waals surface area contributed by atoms with Crippen LogP contribution in [0.25, 0.3) is 0 Å². The van der Waals surface area contributed by atoms with Gasteiger partial charge in [-0.2, -0.15) is 0 Å². The summed E-state index contributed by atoms with van der Waals surface area (Å²) < 4.78 is 5.91. The summed E-state index contributed by atoms with van der Waals surface area (Å²) in [5, 5.41) is 0.556. The van der Waals surface area contributed by atoms with Crippen molar-refractivity contribution in [2.45, 2.75) is 38.2 Å². The van der Waals surface area contributed by atoms with E-state index in [4.69, 9.17) is 27.9 Å². The molecular formula is C18H18Cl2O. The van der Waals surface area contributed by atoms with Crippen molar-refractivity contribution >= 4 is 23.2 Å². The zero-order valence-corrected chi connectivity index (χ0v) is 13.9. The van der Waals surface area contributed by atoms with E-state index >= 15 is 0 Å². The first-order valence-electron chi connectivity index (χ1n) is 7.08. The van der Waals surface area contributed by atoms with Crippen LogP contribution in [-0.2, 0) is 6.42 Å². The molecular weight excluding hydrogens is 303 g/mol. The van der Waals surface area contributed by atoms with Crippen molar-refractivity contribution in [3.63, 3.8) is 0 Å². The summed E-state index contributed by atoms with van der Waals surface area (Å²) in [6.07, 6.45) is 0.911. The third-order valence-corrected chi connectivity index (χ3v) is 4.78. The molecule has 1 aliphatic heterocycles. The molecule has 2 aromatic carbocycles. The Morgan fingerprint density at radius 1 is 1.10 bits per heavy atom. The minimum Gasteiger partial charge on any atom is -0.487 e. The van der Waals surface area contributed by atoms with Crippen LogP contribution in [0.2, 0.25) is 5.02 Å². The fourth-order valence-electron chi connectivity index (χ4n) is 2.75. The molecule has 0 amide bonds. The van der Waals surface area contributed by atoms with Gasteiger partial charge in [-0.05, 0) is 55.2 Å². The summed E-state index contributed by atoms with van der Waals surface area (Å²) >= 11 is 12.8. The number of fused-ring (bicyclic) bond motifs is 1. The molecule has 0 fully saturated rings. The summed E-state index contributed by atoms with van der Waals surface area (Å²) in [6, 6.07) is 12.2. The Morgan fingerprint density at radius 2 is 1.76 bits per heavy atom. The van der Waals surface area contributed by atoms with Crippen LogP contribution in [0.5, 0.6) is 5.75 Å². The lowest BCUT2D eigenvalue weighted by atomic mass is 9.97. The number of benzene rings is 2. The van der Waals surface area contributed by atoms with E-state index in [1.807, 2.05) is 37.3 Å². The number of hydrogen-bond donors (Lipinski definition) is 0. The molecule has 1 unspecified atom stereocenters. The summed E-state index contributed by atoms with van der Waals surface area (Å²) in [5.74, 6) is 0.967. The van der Waals surface area contributed by atoms with Gasteiger partial charge in [-0.15, -0.1) is 11.6 Å². The van der Waals surface area contributed by atoms with Crippen LogP contribution in [0, 0.1) is 6.92 Å². The van der Waals surface area contributed by atoms with Crippen molar-refractivity contribution in [2.24, 2.45) is 0 Å². The second kappa shape index (κ2) is 5.23. The second-order valence-electron chi connectivity index (χ2n) is 6.28. The molecule has 1 atom stereocenters. The van der Waals surface area contributed by atoms with Crippen molar-refractivity contribution < 1.29 is 4.74 Å². The standard InChI is InChI=1S/C18H18Cl2O/c1-11-4-5-13(9-15(11)19)17(20)12-6-7-16-14(8-12)10-18(2,3)21-16/h4-9,17H,10H2,1-3H3. The molecule has 0 saturated heterocycles. The van der Waals surface area contributed by atoms with Gasteiger partial charge in [0.15, 0.2) is 0 Å². The molecule has 1 aliphatic rings. The minimum absolute atomic E-state index is 0.129. The van der Waals surface area contributed by atoms with Gasteiger partial charge in [0.1, 0.15) is 11.4 Å². The van der Waals surface area contributed by atoms with E-state index in [9.17, 15) is 0 Å². The van der Waals surface area contributed by atoms with E-state index < -0.39 is 0 Å². The highest BCUT2D eigenvalue weighted by molar-refractivity contribution is 6.31. The van der Waals surface area contributed by atoms with Crippen molar-refractivity contribution in [1.29, 1.82) is 0 Å². The van der Waals surface area contributed by atoms with E-state index in [0.29, 0.717) is 0 Å². The highest BCUT2D eigenvalue weighted by Gasteiger charge is 2.30. The predicted octanol–water partition coefficient (Wildman–Crippen LogP) is 5.69. The molecule has 0 N–H and O–H groups in total. The Bertz CT molecular complexity index is 692. The van der Waals surface area contributed by atoms with Crippen LogP contribution in [0.3, 0.4) is 0 Å². The lowest BCUT2D eigenvalue weighted by Gasteiger charge is -2.16. The van der Waals surface area contributed by atoms with Gasteiger partial charge < -0.3 is 4.74 Å². The van der Waals surface area contributed by atoms with Crippen molar-refractivity contribution in [1.82, 2.24) is 0 Å². The van der Waals surface area contributed by atoms with E-state index in [-0.39, 0.29) is 11.0 Å². The van der Waals surface area contributed by atoms with Crippen molar-refractivity contribution in [3.05, 3.63) is 63.7 Å². The van der Waals surface area contributed by atoms with Gasteiger partial charge in [-0.1, -0.05) is 35.9 Å². The molecule has 0 spiro atoms. The highest BCUT2D eigenvalue weighted by atomic mass is 35.5. The number of hydrogen-bond acceptors (Lipinski definition) is 1. The Morgan fingerprint density at radius 3 is 2.48 bits per heavy atom. The van der Waals surface area contributed by atoms with Gasteiger partial charge in [0.05, 0.1) is 5.38 Å². The van der Waals surface area contributed by atoms with Gasteiger partial charge in [0.2, 0.25) is 0 Å². The third-order valence-electron chi connectivity index (χ3n) is 3.87. The smallest absolute Gasteiger partial charge is 0.123 e. The molecule has 1 heterocycles. The zero-order chi connectivity index (χ0) is 15.2. The third kappa shape index (κ3) is 2.90. The first-order valence-corrected chi connectivity index (χ1v) is 7.89. The predicted molar refractivity (Wildman–Crippen MR) is 88.7 cm³/mol. The first kappa shape index (κ1) is 14.7. The summed E-state index contributed by atoms with van der Waals surface area (Å²) in [5.41, 5.74) is 4.26.